The maximum atomic E-state index is 10.1. The SMILES string of the molecule is COc1ccc(C2c3ccc(O)cc3Oc3ncn4nc(COc5ccccc5)nc4c32)cc1OC. The highest BCUT2D eigenvalue weighted by molar-refractivity contribution is 5.67. The maximum Gasteiger partial charge on any atom is 0.228 e. The zero-order valence-electron chi connectivity index (χ0n) is 19.6. The van der Waals surface area contributed by atoms with Crippen LogP contribution in [-0.4, -0.2) is 38.9 Å². The Morgan fingerprint density at radius 2 is 1.81 bits per heavy atom. The maximum absolute atomic E-state index is 10.1. The highest BCUT2D eigenvalue weighted by Gasteiger charge is 2.34. The molecule has 0 amide bonds. The fourth-order valence-corrected chi connectivity index (χ4v) is 4.45. The van der Waals surface area contributed by atoms with Crippen LogP contribution in [0.3, 0.4) is 0 Å². The van der Waals surface area contributed by atoms with E-state index in [1.54, 1.807) is 37.2 Å². The first-order valence-corrected chi connectivity index (χ1v) is 11.3. The lowest BCUT2D eigenvalue weighted by atomic mass is 9.83. The lowest BCUT2D eigenvalue weighted by Gasteiger charge is -2.28. The van der Waals surface area contributed by atoms with Gasteiger partial charge in [-0.05, 0) is 35.9 Å². The molecular formula is C27H22N4O5. The number of rotatable bonds is 6. The fraction of sp³-hybridized carbons (Fsp3) is 0.148. The Labute approximate surface area is 206 Å². The third-order valence-corrected chi connectivity index (χ3v) is 6.09. The van der Waals surface area contributed by atoms with Gasteiger partial charge >= 0.3 is 0 Å². The normalized spacial score (nSPS) is 14.0. The largest absolute Gasteiger partial charge is 0.508 e. The number of para-hydroxylation sites is 1. The molecule has 1 aliphatic heterocycles. The van der Waals surface area contributed by atoms with Gasteiger partial charge in [-0.25, -0.2) is 14.5 Å². The van der Waals surface area contributed by atoms with Gasteiger partial charge in [0, 0.05) is 17.5 Å². The number of methoxy groups -OCH3 is 2. The third kappa shape index (κ3) is 3.70. The van der Waals surface area contributed by atoms with Gasteiger partial charge in [-0.15, -0.1) is 5.10 Å². The molecule has 2 aromatic heterocycles. The highest BCUT2D eigenvalue weighted by Crippen LogP contribution is 2.49. The van der Waals surface area contributed by atoms with Gasteiger partial charge in [-0.1, -0.05) is 30.3 Å². The quantitative estimate of drug-likeness (QED) is 0.364. The van der Waals surface area contributed by atoms with Crippen molar-refractivity contribution in [3.63, 3.8) is 0 Å². The second-order valence-corrected chi connectivity index (χ2v) is 8.23. The van der Waals surface area contributed by atoms with Crippen LogP contribution < -0.4 is 18.9 Å². The minimum atomic E-state index is -0.313. The Morgan fingerprint density at radius 1 is 0.972 bits per heavy atom. The molecule has 3 heterocycles. The lowest BCUT2D eigenvalue weighted by Crippen LogP contribution is -2.15. The van der Waals surface area contributed by atoms with Crippen molar-refractivity contribution in [3.8, 4) is 34.6 Å². The van der Waals surface area contributed by atoms with Crippen LogP contribution in [0.1, 0.15) is 28.4 Å². The molecule has 9 nitrogen and oxygen atoms in total. The number of fused-ring (bicyclic) bond motifs is 4. The Hall–Kier alpha value is -4.79. The molecule has 3 aromatic carbocycles. The van der Waals surface area contributed by atoms with E-state index in [-0.39, 0.29) is 18.3 Å². The molecule has 0 fully saturated rings. The van der Waals surface area contributed by atoms with E-state index >= 15 is 0 Å². The molecule has 0 saturated heterocycles. The highest BCUT2D eigenvalue weighted by atomic mass is 16.5. The summed E-state index contributed by atoms with van der Waals surface area (Å²) in [5.41, 5.74) is 3.13. The van der Waals surface area contributed by atoms with Crippen molar-refractivity contribution in [1.29, 1.82) is 0 Å². The molecule has 0 bridgehead atoms. The standard InChI is InChI=1S/C27H22N4O5/c1-33-20-11-8-16(12-22(20)34-2)24-19-10-9-17(32)13-21(19)36-27-25(24)26-29-23(30-31(26)15-28-27)14-35-18-6-4-3-5-7-18/h3-13,15,24,32H,14H2,1-2H3. The summed E-state index contributed by atoms with van der Waals surface area (Å²) in [5, 5.41) is 14.7. The summed E-state index contributed by atoms with van der Waals surface area (Å²) in [6.45, 7) is 0.201. The minimum Gasteiger partial charge on any atom is -0.508 e. The van der Waals surface area contributed by atoms with Gasteiger partial charge < -0.3 is 24.1 Å². The first-order chi connectivity index (χ1) is 17.6. The van der Waals surface area contributed by atoms with Crippen molar-refractivity contribution in [2.24, 2.45) is 0 Å². The number of phenolic OH excluding ortho intramolecular Hbond substituents is 1. The second kappa shape index (κ2) is 8.77. The molecule has 0 spiro atoms. The van der Waals surface area contributed by atoms with Gasteiger partial charge in [0.15, 0.2) is 23.0 Å². The number of hydrogen-bond acceptors (Lipinski definition) is 8. The van der Waals surface area contributed by atoms with Gasteiger partial charge in [-0.2, -0.15) is 0 Å². The van der Waals surface area contributed by atoms with E-state index in [4.69, 9.17) is 23.9 Å². The number of aromatic nitrogens is 4. The van der Waals surface area contributed by atoms with Crippen LogP contribution in [0.5, 0.6) is 34.6 Å². The van der Waals surface area contributed by atoms with Crippen molar-refractivity contribution in [3.05, 3.63) is 95.6 Å². The van der Waals surface area contributed by atoms with E-state index in [9.17, 15) is 5.11 Å². The first kappa shape index (κ1) is 21.7. The number of ether oxygens (including phenoxy) is 4. The van der Waals surface area contributed by atoms with E-state index in [0.29, 0.717) is 34.6 Å². The Bertz CT molecular complexity index is 1570. The molecule has 180 valence electrons. The zero-order valence-corrected chi connectivity index (χ0v) is 19.6. The summed E-state index contributed by atoms with van der Waals surface area (Å²) in [4.78, 5) is 9.30. The molecule has 1 atom stereocenters. The van der Waals surface area contributed by atoms with Gasteiger partial charge in [0.05, 0.1) is 19.8 Å². The predicted octanol–water partition coefficient (Wildman–Crippen LogP) is 4.71. The summed E-state index contributed by atoms with van der Waals surface area (Å²) in [5.74, 6) is 3.17. The van der Waals surface area contributed by atoms with Gasteiger partial charge in [-0.3, -0.25) is 0 Å². The molecule has 36 heavy (non-hydrogen) atoms. The number of benzene rings is 3. The molecule has 6 rings (SSSR count). The van der Waals surface area contributed by atoms with E-state index in [1.807, 2.05) is 54.6 Å². The van der Waals surface area contributed by atoms with Crippen LogP contribution in [0, 0.1) is 0 Å². The Kier molecular flexibility index (Phi) is 5.29. The molecule has 1 unspecified atom stereocenters. The first-order valence-electron chi connectivity index (χ1n) is 11.3. The van der Waals surface area contributed by atoms with E-state index in [0.717, 1.165) is 22.4 Å². The second-order valence-electron chi connectivity index (χ2n) is 8.23. The summed E-state index contributed by atoms with van der Waals surface area (Å²) in [6.07, 6.45) is 1.56. The number of nitrogens with zero attached hydrogens (tertiary/aromatic N) is 4. The minimum absolute atomic E-state index is 0.104. The van der Waals surface area contributed by atoms with Crippen molar-refractivity contribution >= 4 is 5.65 Å². The van der Waals surface area contributed by atoms with Crippen molar-refractivity contribution in [2.75, 3.05) is 14.2 Å². The Balaban J connectivity index is 1.49. The van der Waals surface area contributed by atoms with Gasteiger partial charge in [0.1, 0.15) is 30.2 Å². The zero-order chi connectivity index (χ0) is 24.6. The predicted molar refractivity (Wildman–Crippen MR) is 130 cm³/mol. The Morgan fingerprint density at radius 3 is 2.61 bits per heavy atom. The van der Waals surface area contributed by atoms with Crippen LogP contribution in [0.15, 0.2) is 73.1 Å². The summed E-state index contributed by atoms with van der Waals surface area (Å²) >= 11 is 0. The molecule has 0 saturated carbocycles. The summed E-state index contributed by atoms with van der Waals surface area (Å²) < 4.78 is 24.6. The molecule has 1 N–H and O–H groups in total. The molecule has 0 radical (unpaired) electrons. The average Bonchev–Trinajstić information content (AvgIpc) is 3.34. The van der Waals surface area contributed by atoms with E-state index in [1.165, 1.54) is 0 Å². The fourth-order valence-electron chi connectivity index (χ4n) is 4.45. The monoisotopic (exact) mass is 482 g/mol. The van der Waals surface area contributed by atoms with Gasteiger partial charge in [0.25, 0.3) is 0 Å². The van der Waals surface area contributed by atoms with Crippen LogP contribution in [0.4, 0.5) is 0 Å². The number of aromatic hydroxyl groups is 1. The van der Waals surface area contributed by atoms with E-state index in [2.05, 4.69) is 10.1 Å². The number of phenols is 1. The molecule has 0 aliphatic carbocycles. The van der Waals surface area contributed by atoms with Crippen molar-refractivity contribution in [2.45, 2.75) is 12.5 Å². The molecular weight excluding hydrogens is 460 g/mol. The van der Waals surface area contributed by atoms with Crippen molar-refractivity contribution < 1.29 is 24.1 Å². The van der Waals surface area contributed by atoms with Crippen LogP contribution in [-0.2, 0) is 6.61 Å². The number of hydrogen-bond donors (Lipinski definition) is 1. The molecule has 9 heteroatoms. The summed E-state index contributed by atoms with van der Waals surface area (Å²) in [6, 6.07) is 20.3. The van der Waals surface area contributed by atoms with Crippen LogP contribution in [0.25, 0.3) is 5.65 Å². The van der Waals surface area contributed by atoms with Gasteiger partial charge in [0.2, 0.25) is 5.88 Å². The average molecular weight is 482 g/mol. The molecule has 1 aliphatic rings. The summed E-state index contributed by atoms with van der Waals surface area (Å²) in [7, 11) is 3.20. The topological polar surface area (TPSA) is 100 Å². The lowest BCUT2D eigenvalue weighted by molar-refractivity contribution is 0.296. The van der Waals surface area contributed by atoms with E-state index < -0.39 is 0 Å². The molecule has 5 aromatic rings. The van der Waals surface area contributed by atoms with Crippen LogP contribution in [0.2, 0.25) is 0 Å². The van der Waals surface area contributed by atoms with Crippen molar-refractivity contribution in [1.82, 2.24) is 19.6 Å². The van der Waals surface area contributed by atoms with Crippen LogP contribution >= 0.6 is 0 Å². The third-order valence-electron chi connectivity index (χ3n) is 6.09. The smallest absolute Gasteiger partial charge is 0.228 e.